The molecule has 0 radical (unpaired) electrons. The average molecular weight is 254 g/mol. The second-order valence-corrected chi connectivity index (χ2v) is 4.90. The van der Waals surface area contributed by atoms with E-state index in [1.165, 1.54) is 5.56 Å². The van der Waals surface area contributed by atoms with Gasteiger partial charge in [0.2, 0.25) is 0 Å². The van der Waals surface area contributed by atoms with Gasteiger partial charge in [-0.3, -0.25) is 4.79 Å². The summed E-state index contributed by atoms with van der Waals surface area (Å²) < 4.78 is 5.69. The fourth-order valence-corrected chi connectivity index (χ4v) is 1.91. The fourth-order valence-electron chi connectivity index (χ4n) is 1.91. The van der Waals surface area contributed by atoms with Crippen LogP contribution in [-0.4, -0.2) is 12.4 Å². The summed E-state index contributed by atoms with van der Waals surface area (Å²) in [6, 6.07) is 14.0. The first-order chi connectivity index (χ1) is 9.10. The molecule has 0 amide bonds. The number of aldehydes is 1. The van der Waals surface area contributed by atoms with Crippen LogP contribution in [0.25, 0.3) is 11.1 Å². The smallest absolute Gasteiger partial charge is 0.153 e. The van der Waals surface area contributed by atoms with E-state index in [-0.39, 0.29) is 6.10 Å². The second-order valence-electron chi connectivity index (χ2n) is 4.90. The summed E-state index contributed by atoms with van der Waals surface area (Å²) in [4.78, 5) is 11.0. The minimum absolute atomic E-state index is 0.0481. The maximum atomic E-state index is 11.0. The van der Waals surface area contributed by atoms with E-state index in [1.807, 2.05) is 26.0 Å². The third-order valence-electron chi connectivity index (χ3n) is 2.89. The molecule has 0 saturated heterocycles. The van der Waals surface area contributed by atoms with Crippen molar-refractivity contribution in [2.24, 2.45) is 0 Å². The highest BCUT2D eigenvalue weighted by atomic mass is 16.5. The van der Waals surface area contributed by atoms with E-state index >= 15 is 0 Å². The van der Waals surface area contributed by atoms with Gasteiger partial charge in [-0.2, -0.15) is 0 Å². The average Bonchev–Trinajstić information content (AvgIpc) is 2.39. The van der Waals surface area contributed by atoms with Gasteiger partial charge in [-0.15, -0.1) is 0 Å². The first kappa shape index (κ1) is 13.3. The van der Waals surface area contributed by atoms with Crippen LogP contribution in [0.4, 0.5) is 0 Å². The minimum atomic E-state index is 0.0481. The van der Waals surface area contributed by atoms with Crippen LogP contribution >= 0.6 is 0 Å². The molecule has 0 bridgehead atoms. The molecule has 0 aliphatic rings. The van der Waals surface area contributed by atoms with E-state index in [0.29, 0.717) is 11.3 Å². The van der Waals surface area contributed by atoms with Crippen molar-refractivity contribution in [2.45, 2.75) is 26.9 Å². The van der Waals surface area contributed by atoms with Crippen LogP contribution in [0.5, 0.6) is 5.75 Å². The Hall–Kier alpha value is -2.09. The summed E-state index contributed by atoms with van der Waals surface area (Å²) in [5.41, 5.74) is 3.99. The molecule has 0 heterocycles. The highest BCUT2D eigenvalue weighted by Crippen LogP contribution is 2.27. The van der Waals surface area contributed by atoms with Gasteiger partial charge in [0.15, 0.2) is 6.29 Å². The lowest BCUT2D eigenvalue weighted by Gasteiger charge is -2.13. The van der Waals surface area contributed by atoms with Crippen molar-refractivity contribution in [1.82, 2.24) is 0 Å². The third-order valence-corrected chi connectivity index (χ3v) is 2.89. The van der Waals surface area contributed by atoms with Crippen LogP contribution in [0.15, 0.2) is 42.5 Å². The molecule has 0 spiro atoms. The van der Waals surface area contributed by atoms with Crippen molar-refractivity contribution in [1.29, 1.82) is 0 Å². The molecule has 2 heteroatoms. The van der Waals surface area contributed by atoms with Gasteiger partial charge in [0.25, 0.3) is 0 Å². The molecule has 0 fully saturated rings. The molecule has 0 unspecified atom stereocenters. The van der Waals surface area contributed by atoms with Gasteiger partial charge in [-0.1, -0.05) is 35.9 Å². The number of carbonyl (C=O) groups excluding carboxylic acids is 1. The highest BCUT2D eigenvalue weighted by Gasteiger charge is 2.07. The van der Waals surface area contributed by atoms with Crippen molar-refractivity contribution in [3.8, 4) is 16.9 Å². The third kappa shape index (κ3) is 3.22. The number of ether oxygens (including phenoxy) is 1. The van der Waals surface area contributed by atoms with Crippen LogP contribution in [0.1, 0.15) is 29.8 Å². The van der Waals surface area contributed by atoms with Gasteiger partial charge in [0, 0.05) is 0 Å². The highest BCUT2D eigenvalue weighted by molar-refractivity contribution is 5.81. The Bertz CT molecular complexity index is 568. The maximum absolute atomic E-state index is 11.0. The predicted octanol–water partition coefficient (Wildman–Crippen LogP) is 4.26. The number of aryl methyl sites for hydroxylation is 1. The van der Waals surface area contributed by atoms with E-state index in [2.05, 4.69) is 31.2 Å². The van der Waals surface area contributed by atoms with Gasteiger partial charge < -0.3 is 4.74 Å². The molecule has 2 nitrogen and oxygen atoms in total. The fraction of sp³-hybridized carbons (Fsp3) is 0.235. The van der Waals surface area contributed by atoms with Gasteiger partial charge in [-0.25, -0.2) is 0 Å². The summed E-state index contributed by atoms with van der Waals surface area (Å²) in [6.45, 7) is 5.97. The van der Waals surface area contributed by atoms with Crippen molar-refractivity contribution < 1.29 is 9.53 Å². The Morgan fingerprint density at radius 3 is 2.21 bits per heavy atom. The van der Waals surface area contributed by atoms with Crippen LogP contribution in [-0.2, 0) is 0 Å². The molecule has 0 aliphatic carbocycles. The van der Waals surface area contributed by atoms with Crippen LogP contribution in [0.2, 0.25) is 0 Å². The number of carbonyl (C=O) groups is 1. The van der Waals surface area contributed by atoms with Gasteiger partial charge in [0.05, 0.1) is 11.7 Å². The first-order valence-corrected chi connectivity index (χ1v) is 6.43. The topological polar surface area (TPSA) is 26.3 Å². The molecular formula is C17H18O2. The lowest BCUT2D eigenvalue weighted by atomic mass is 10.0. The van der Waals surface area contributed by atoms with Gasteiger partial charge in [-0.05, 0) is 44.0 Å². The standard InChI is InChI=1S/C17H18O2/c1-12(2)19-17-10-15(8-9-16(17)11-18)14-6-4-13(3)5-7-14/h4-12H,1-3H3. The maximum Gasteiger partial charge on any atom is 0.153 e. The van der Waals surface area contributed by atoms with E-state index < -0.39 is 0 Å². The Morgan fingerprint density at radius 2 is 1.63 bits per heavy atom. The minimum Gasteiger partial charge on any atom is -0.490 e. The summed E-state index contributed by atoms with van der Waals surface area (Å²) in [7, 11) is 0. The zero-order valence-corrected chi connectivity index (χ0v) is 11.5. The van der Waals surface area contributed by atoms with Crippen molar-refractivity contribution >= 4 is 6.29 Å². The predicted molar refractivity (Wildman–Crippen MR) is 77.8 cm³/mol. The monoisotopic (exact) mass is 254 g/mol. The van der Waals surface area contributed by atoms with Crippen molar-refractivity contribution in [3.63, 3.8) is 0 Å². The molecule has 2 rings (SSSR count). The molecule has 0 atom stereocenters. The summed E-state index contributed by atoms with van der Waals surface area (Å²) in [5.74, 6) is 0.642. The molecule has 0 N–H and O–H groups in total. The lowest BCUT2D eigenvalue weighted by molar-refractivity contribution is 0.111. The normalized spacial score (nSPS) is 10.5. The Morgan fingerprint density at radius 1 is 1.00 bits per heavy atom. The van der Waals surface area contributed by atoms with E-state index in [0.717, 1.165) is 17.4 Å². The Labute approximate surface area is 114 Å². The van der Waals surface area contributed by atoms with Gasteiger partial charge >= 0.3 is 0 Å². The summed E-state index contributed by atoms with van der Waals surface area (Å²) >= 11 is 0. The summed E-state index contributed by atoms with van der Waals surface area (Å²) in [5, 5.41) is 0. The lowest BCUT2D eigenvalue weighted by Crippen LogP contribution is -2.07. The number of rotatable bonds is 4. The van der Waals surface area contributed by atoms with Crippen LogP contribution in [0, 0.1) is 6.92 Å². The number of benzene rings is 2. The van der Waals surface area contributed by atoms with Crippen molar-refractivity contribution in [3.05, 3.63) is 53.6 Å². The number of hydrogen-bond acceptors (Lipinski definition) is 2. The van der Waals surface area contributed by atoms with Crippen LogP contribution < -0.4 is 4.74 Å². The Kier molecular flexibility index (Phi) is 4.00. The Balaban J connectivity index is 2.42. The molecular weight excluding hydrogens is 236 g/mol. The summed E-state index contributed by atoms with van der Waals surface area (Å²) in [6.07, 6.45) is 0.878. The second kappa shape index (κ2) is 5.70. The molecule has 0 saturated carbocycles. The molecule has 0 aliphatic heterocycles. The molecule has 2 aromatic carbocycles. The molecule has 98 valence electrons. The quantitative estimate of drug-likeness (QED) is 0.762. The van der Waals surface area contributed by atoms with Crippen LogP contribution in [0.3, 0.4) is 0 Å². The van der Waals surface area contributed by atoms with E-state index in [9.17, 15) is 4.79 Å². The van der Waals surface area contributed by atoms with E-state index in [1.54, 1.807) is 6.07 Å². The molecule has 0 aromatic heterocycles. The van der Waals surface area contributed by atoms with E-state index in [4.69, 9.17) is 4.74 Å². The largest absolute Gasteiger partial charge is 0.490 e. The SMILES string of the molecule is Cc1ccc(-c2ccc(C=O)c(OC(C)C)c2)cc1. The first-order valence-electron chi connectivity index (χ1n) is 6.43. The zero-order chi connectivity index (χ0) is 13.8. The number of hydrogen-bond donors (Lipinski definition) is 0. The molecule has 2 aromatic rings. The van der Waals surface area contributed by atoms with Gasteiger partial charge in [0.1, 0.15) is 5.75 Å². The zero-order valence-electron chi connectivity index (χ0n) is 11.5. The van der Waals surface area contributed by atoms with Crippen molar-refractivity contribution in [2.75, 3.05) is 0 Å². The molecule has 19 heavy (non-hydrogen) atoms.